The number of hydrogen-bond acceptors (Lipinski definition) is 9. The fourth-order valence-corrected chi connectivity index (χ4v) is 5.16. The highest BCUT2D eigenvalue weighted by atomic mass is 16.7. The van der Waals surface area contributed by atoms with Crippen molar-refractivity contribution < 1.29 is 42.7 Å². The number of ether oxygens (including phenoxy) is 7. The van der Waals surface area contributed by atoms with E-state index >= 15 is 0 Å². The number of carbonyl (C=O) groups is 2. The van der Waals surface area contributed by atoms with Gasteiger partial charge in [0.15, 0.2) is 23.0 Å². The van der Waals surface area contributed by atoms with E-state index in [1.165, 1.54) is 26.2 Å². The lowest BCUT2D eigenvalue weighted by molar-refractivity contribution is -0.141. The van der Waals surface area contributed by atoms with Gasteiger partial charge >= 0.3 is 12.1 Å². The van der Waals surface area contributed by atoms with Crippen molar-refractivity contribution in [1.82, 2.24) is 4.90 Å². The first-order valence-electron chi connectivity index (χ1n) is 11.2. The normalized spacial score (nSPS) is 23.6. The Morgan fingerprint density at radius 3 is 2.11 bits per heavy atom. The zero-order chi connectivity index (χ0) is 24.9. The largest absolute Gasteiger partial charge is 0.493 e. The Morgan fingerprint density at radius 2 is 1.54 bits per heavy atom. The van der Waals surface area contributed by atoms with Crippen molar-refractivity contribution in [1.29, 1.82) is 0 Å². The first-order chi connectivity index (χ1) is 16.9. The summed E-state index contributed by atoms with van der Waals surface area (Å²) in [6.07, 6.45) is -1.22. The summed E-state index contributed by atoms with van der Waals surface area (Å²) in [5.74, 6) is 0.690. The SMILES string of the molecule is COc1cc([C@@H]2c3cc4c(cc3[C@H](OC(=O)N(C)C)[C@H]3COC(=O)[C@@H]23)OCO4)cc(OC)c1OC. The maximum absolute atomic E-state index is 13.1. The predicted octanol–water partition coefficient (Wildman–Crippen LogP) is 3.12. The molecule has 0 radical (unpaired) electrons. The lowest BCUT2D eigenvalue weighted by Gasteiger charge is -2.39. The van der Waals surface area contributed by atoms with Gasteiger partial charge in [0, 0.05) is 31.5 Å². The summed E-state index contributed by atoms with van der Waals surface area (Å²) in [4.78, 5) is 27.1. The molecule has 35 heavy (non-hydrogen) atoms. The molecule has 2 aliphatic heterocycles. The predicted molar refractivity (Wildman–Crippen MR) is 121 cm³/mol. The fourth-order valence-electron chi connectivity index (χ4n) is 5.16. The molecule has 2 heterocycles. The molecule has 10 heteroatoms. The maximum atomic E-state index is 13.1. The lowest BCUT2D eigenvalue weighted by atomic mass is 9.66. The average molecular weight is 485 g/mol. The molecule has 1 amide bonds. The van der Waals surface area contributed by atoms with Crippen molar-refractivity contribution in [3.8, 4) is 28.7 Å². The molecule has 2 aromatic carbocycles. The topological polar surface area (TPSA) is 102 Å². The number of carbonyl (C=O) groups excluding carboxylic acids is 2. The van der Waals surface area contributed by atoms with E-state index < -0.39 is 30.0 Å². The second-order valence-corrected chi connectivity index (χ2v) is 8.79. The highest BCUT2D eigenvalue weighted by Crippen LogP contribution is 2.56. The molecule has 186 valence electrons. The molecule has 10 nitrogen and oxygen atoms in total. The summed E-state index contributed by atoms with van der Waals surface area (Å²) in [6.45, 7) is 0.216. The van der Waals surface area contributed by atoms with Crippen LogP contribution in [0.4, 0.5) is 4.79 Å². The molecule has 5 rings (SSSR count). The number of hydrogen-bond donors (Lipinski definition) is 0. The van der Waals surface area contributed by atoms with Gasteiger partial charge in [-0.15, -0.1) is 0 Å². The molecule has 3 aliphatic rings. The Balaban J connectivity index is 1.73. The standard InChI is InChI=1S/C25H27NO9/c1-26(2)25(28)35-22-14-9-17-16(33-11-34-17)8-13(14)20(21-15(22)10-32-24(21)27)12-6-18(29-3)23(31-5)19(7-12)30-4/h6-9,15,20-22H,10-11H2,1-5H3/t15-,20+,21+,22-/m0/s1. The summed E-state index contributed by atoms with van der Waals surface area (Å²) < 4.78 is 39.3. The molecule has 1 saturated heterocycles. The first kappa shape index (κ1) is 22.9. The van der Waals surface area contributed by atoms with Crippen LogP contribution in [0.1, 0.15) is 28.7 Å². The number of rotatable bonds is 5. The second-order valence-electron chi connectivity index (χ2n) is 8.79. The van der Waals surface area contributed by atoms with Crippen LogP contribution in [0.3, 0.4) is 0 Å². The van der Waals surface area contributed by atoms with Crippen LogP contribution in [-0.2, 0) is 14.3 Å². The maximum Gasteiger partial charge on any atom is 0.409 e. The molecular formula is C25H27NO9. The highest BCUT2D eigenvalue weighted by molar-refractivity contribution is 5.79. The third-order valence-electron chi connectivity index (χ3n) is 6.76. The number of amides is 1. The van der Waals surface area contributed by atoms with E-state index in [-0.39, 0.29) is 19.4 Å². The number of benzene rings is 2. The van der Waals surface area contributed by atoms with E-state index in [1.807, 2.05) is 24.3 Å². The summed E-state index contributed by atoms with van der Waals surface area (Å²) in [5, 5.41) is 0. The molecule has 0 unspecified atom stereocenters. The van der Waals surface area contributed by atoms with Crippen molar-refractivity contribution in [2.45, 2.75) is 12.0 Å². The molecule has 0 saturated carbocycles. The Bertz CT molecular complexity index is 1150. The van der Waals surface area contributed by atoms with E-state index in [9.17, 15) is 9.59 Å². The van der Waals surface area contributed by atoms with Crippen LogP contribution in [0.2, 0.25) is 0 Å². The minimum atomic E-state index is -0.705. The van der Waals surface area contributed by atoms with Gasteiger partial charge in [0.2, 0.25) is 12.5 Å². The Morgan fingerprint density at radius 1 is 0.914 bits per heavy atom. The fraction of sp³-hybridized carbons (Fsp3) is 0.440. The van der Waals surface area contributed by atoms with Crippen LogP contribution in [0, 0.1) is 11.8 Å². The van der Waals surface area contributed by atoms with Crippen LogP contribution in [0.15, 0.2) is 24.3 Å². The van der Waals surface area contributed by atoms with Crippen molar-refractivity contribution in [2.24, 2.45) is 11.8 Å². The molecule has 0 aromatic heterocycles. The summed E-state index contributed by atoms with van der Waals surface area (Å²) in [7, 11) is 7.83. The summed E-state index contributed by atoms with van der Waals surface area (Å²) in [5.41, 5.74) is 2.29. The van der Waals surface area contributed by atoms with Gasteiger partial charge in [0.1, 0.15) is 6.10 Å². The molecule has 0 bridgehead atoms. The van der Waals surface area contributed by atoms with Crippen LogP contribution >= 0.6 is 0 Å². The molecule has 1 fully saturated rings. The van der Waals surface area contributed by atoms with E-state index in [0.29, 0.717) is 28.7 Å². The molecule has 0 spiro atoms. The number of methoxy groups -OCH3 is 3. The van der Waals surface area contributed by atoms with Gasteiger partial charge in [-0.05, 0) is 35.4 Å². The van der Waals surface area contributed by atoms with Gasteiger partial charge in [0.25, 0.3) is 0 Å². The smallest absolute Gasteiger partial charge is 0.409 e. The van der Waals surface area contributed by atoms with Gasteiger partial charge in [-0.2, -0.15) is 0 Å². The minimum absolute atomic E-state index is 0.0874. The number of esters is 1. The van der Waals surface area contributed by atoms with Gasteiger partial charge in [-0.3, -0.25) is 4.79 Å². The Hall–Kier alpha value is -3.82. The second kappa shape index (κ2) is 8.75. The van der Waals surface area contributed by atoms with Crippen molar-refractivity contribution in [2.75, 3.05) is 48.8 Å². The summed E-state index contributed by atoms with van der Waals surface area (Å²) in [6, 6.07) is 7.34. The zero-order valence-electron chi connectivity index (χ0n) is 20.2. The van der Waals surface area contributed by atoms with Crippen LogP contribution in [-0.4, -0.2) is 65.8 Å². The van der Waals surface area contributed by atoms with Crippen LogP contribution in [0.25, 0.3) is 0 Å². The van der Waals surface area contributed by atoms with Crippen LogP contribution < -0.4 is 23.7 Å². The first-order valence-corrected chi connectivity index (χ1v) is 11.2. The molecule has 2 aromatic rings. The molecular weight excluding hydrogens is 458 g/mol. The highest BCUT2D eigenvalue weighted by Gasteiger charge is 2.54. The van der Waals surface area contributed by atoms with Crippen molar-refractivity contribution in [3.05, 3.63) is 41.0 Å². The lowest BCUT2D eigenvalue weighted by Crippen LogP contribution is -2.38. The zero-order valence-corrected chi connectivity index (χ0v) is 20.2. The van der Waals surface area contributed by atoms with Gasteiger partial charge < -0.3 is 38.1 Å². The van der Waals surface area contributed by atoms with Crippen LogP contribution in [0.5, 0.6) is 28.7 Å². The molecule has 4 atom stereocenters. The third kappa shape index (κ3) is 3.64. The Kier molecular flexibility index (Phi) is 5.74. The van der Waals surface area contributed by atoms with Gasteiger partial charge in [-0.25, -0.2) is 4.79 Å². The number of fused-ring (bicyclic) bond motifs is 3. The van der Waals surface area contributed by atoms with E-state index in [1.54, 1.807) is 14.1 Å². The van der Waals surface area contributed by atoms with Gasteiger partial charge in [0.05, 0.1) is 33.9 Å². The number of nitrogens with zero attached hydrogens (tertiary/aromatic N) is 1. The van der Waals surface area contributed by atoms with Crippen molar-refractivity contribution in [3.63, 3.8) is 0 Å². The average Bonchev–Trinajstić information content (AvgIpc) is 3.48. The summed E-state index contributed by atoms with van der Waals surface area (Å²) >= 11 is 0. The van der Waals surface area contributed by atoms with E-state index in [0.717, 1.165) is 16.7 Å². The quantitative estimate of drug-likeness (QED) is 0.591. The minimum Gasteiger partial charge on any atom is -0.493 e. The van der Waals surface area contributed by atoms with E-state index in [4.69, 9.17) is 33.2 Å². The third-order valence-corrected chi connectivity index (χ3v) is 6.76. The molecule has 0 N–H and O–H groups in total. The molecule has 1 aliphatic carbocycles. The Labute approximate surface area is 202 Å². The van der Waals surface area contributed by atoms with Gasteiger partial charge in [-0.1, -0.05) is 0 Å². The number of cyclic esters (lactones) is 1. The van der Waals surface area contributed by atoms with E-state index in [2.05, 4.69) is 0 Å². The monoisotopic (exact) mass is 485 g/mol. The van der Waals surface area contributed by atoms with Crippen molar-refractivity contribution >= 4 is 12.1 Å².